The third-order valence-electron chi connectivity index (χ3n) is 3.14. The summed E-state index contributed by atoms with van der Waals surface area (Å²) in [4.78, 5) is 2.26. The third-order valence-corrected chi connectivity index (χ3v) is 3.14. The molecule has 94 valence electrons. The van der Waals surface area contributed by atoms with Gasteiger partial charge in [-0.3, -0.25) is 4.90 Å². The van der Waals surface area contributed by atoms with E-state index < -0.39 is 0 Å². The lowest BCUT2D eigenvalue weighted by molar-refractivity contribution is 0.230. The summed E-state index contributed by atoms with van der Waals surface area (Å²) in [5.41, 5.74) is 1.37. The van der Waals surface area contributed by atoms with Gasteiger partial charge in [-0.05, 0) is 24.6 Å². The van der Waals surface area contributed by atoms with Crippen LogP contribution in [0, 0.1) is 12.7 Å². The van der Waals surface area contributed by atoms with Crippen molar-refractivity contribution in [3.05, 3.63) is 29.1 Å². The molecule has 0 aromatic heterocycles. The monoisotopic (exact) mass is 238 g/mol. The van der Waals surface area contributed by atoms with Gasteiger partial charge in [0.15, 0.2) is 0 Å². The Balaban J connectivity index is 2.15. The van der Waals surface area contributed by atoms with E-state index >= 15 is 0 Å². The highest BCUT2D eigenvalue weighted by Gasteiger charge is 2.14. The minimum Gasteiger partial charge on any atom is -0.497 e. The quantitative estimate of drug-likeness (QED) is 0.864. The molecule has 1 aromatic carbocycles. The van der Waals surface area contributed by atoms with E-state index in [9.17, 15) is 4.39 Å². The van der Waals surface area contributed by atoms with Crippen molar-refractivity contribution in [3.8, 4) is 5.75 Å². The number of piperazine rings is 1. The molecule has 4 heteroatoms. The largest absolute Gasteiger partial charge is 0.497 e. The molecule has 1 saturated heterocycles. The maximum absolute atomic E-state index is 14.0. The molecule has 1 aliphatic heterocycles. The van der Waals surface area contributed by atoms with Crippen LogP contribution in [0.2, 0.25) is 0 Å². The van der Waals surface area contributed by atoms with Gasteiger partial charge < -0.3 is 10.1 Å². The number of halogens is 1. The van der Waals surface area contributed by atoms with Crippen LogP contribution in [0.25, 0.3) is 0 Å². The zero-order chi connectivity index (χ0) is 12.3. The second kappa shape index (κ2) is 5.47. The summed E-state index contributed by atoms with van der Waals surface area (Å²) in [6, 6.07) is 3.53. The van der Waals surface area contributed by atoms with Crippen molar-refractivity contribution in [3.63, 3.8) is 0 Å². The predicted molar refractivity (Wildman–Crippen MR) is 65.8 cm³/mol. The number of hydrogen-bond donors (Lipinski definition) is 1. The minimum atomic E-state index is -0.107. The number of nitrogens with one attached hydrogen (secondary N) is 1. The number of methoxy groups -OCH3 is 1. The Morgan fingerprint density at radius 2 is 2.06 bits per heavy atom. The molecule has 0 atom stereocenters. The van der Waals surface area contributed by atoms with Crippen LogP contribution in [0.4, 0.5) is 4.39 Å². The molecule has 0 aliphatic carbocycles. The first-order chi connectivity index (χ1) is 8.20. The summed E-state index contributed by atoms with van der Waals surface area (Å²) >= 11 is 0. The Morgan fingerprint density at radius 1 is 1.35 bits per heavy atom. The fourth-order valence-electron chi connectivity index (χ4n) is 2.15. The Morgan fingerprint density at radius 3 is 2.71 bits per heavy atom. The van der Waals surface area contributed by atoms with E-state index in [0.29, 0.717) is 12.1 Å². The van der Waals surface area contributed by atoms with Crippen LogP contribution in [-0.2, 0) is 6.54 Å². The number of nitrogens with zero attached hydrogens (tertiary/aromatic N) is 1. The van der Waals surface area contributed by atoms with E-state index in [1.807, 2.05) is 0 Å². The van der Waals surface area contributed by atoms with E-state index in [1.165, 1.54) is 0 Å². The summed E-state index contributed by atoms with van der Waals surface area (Å²) in [6.07, 6.45) is 0. The van der Waals surface area contributed by atoms with Crippen LogP contribution in [-0.4, -0.2) is 38.2 Å². The lowest BCUT2D eigenvalue weighted by atomic mass is 10.1. The Hall–Kier alpha value is -1.13. The highest BCUT2D eigenvalue weighted by molar-refractivity contribution is 5.35. The summed E-state index contributed by atoms with van der Waals surface area (Å²) in [5, 5.41) is 3.29. The molecule has 3 nitrogen and oxygen atoms in total. The lowest BCUT2D eigenvalue weighted by Gasteiger charge is -2.27. The van der Waals surface area contributed by atoms with Gasteiger partial charge in [0.05, 0.1) is 7.11 Å². The molecule has 0 saturated carbocycles. The Bertz CT molecular complexity index is 389. The fraction of sp³-hybridized carbons (Fsp3) is 0.538. The number of ether oxygens (including phenoxy) is 1. The molecular formula is C13H19FN2O. The first-order valence-corrected chi connectivity index (χ1v) is 5.97. The Labute approximate surface area is 102 Å². The van der Waals surface area contributed by atoms with Crippen molar-refractivity contribution in [2.24, 2.45) is 0 Å². The van der Waals surface area contributed by atoms with E-state index in [4.69, 9.17) is 4.74 Å². The maximum atomic E-state index is 14.0. The topological polar surface area (TPSA) is 24.5 Å². The smallest absolute Gasteiger partial charge is 0.130 e. The molecule has 0 unspecified atom stereocenters. The standard InChI is InChI=1S/C13H19FN2O/c1-10-7-12(17-2)8-11(13(10)14)9-16-5-3-15-4-6-16/h7-8,15H,3-6,9H2,1-2H3. The average molecular weight is 238 g/mol. The molecule has 0 spiro atoms. The predicted octanol–water partition coefficient (Wildman–Crippen LogP) is 1.55. The lowest BCUT2D eigenvalue weighted by Crippen LogP contribution is -2.43. The second-order valence-corrected chi connectivity index (χ2v) is 4.44. The normalized spacial score (nSPS) is 17.1. The van der Waals surface area contributed by atoms with Crippen LogP contribution in [0.15, 0.2) is 12.1 Å². The van der Waals surface area contributed by atoms with E-state index in [1.54, 1.807) is 26.2 Å². The van der Waals surface area contributed by atoms with Gasteiger partial charge in [-0.25, -0.2) is 4.39 Å². The second-order valence-electron chi connectivity index (χ2n) is 4.44. The van der Waals surface area contributed by atoms with E-state index in [2.05, 4.69) is 10.2 Å². The van der Waals surface area contributed by atoms with Crippen LogP contribution in [0.5, 0.6) is 5.75 Å². The molecule has 1 aliphatic rings. The van der Waals surface area contributed by atoms with Crippen molar-refractivity contribution < 1.29 is 9.13 Å². The Kier molecular flexibility index (Phi) is 3.97. The average Bonchev–Trinajstić information content (AvgIpc) is 2.36. The van der Waals surface area contributed by atoms with E-state index in [-0.39, 0.29) is 5.82 Å². The summed E-state index contributed by atoms with van der Waals surface area (Å²) in [5.74, 6) is 0.623. The molecule has 0 radical (unpaired) electrons. The number of aryl methyl sites for hydroxylation is 1. The van der Waals surface area contributed by atoms with Crippen LogP contribution in [0.3, 0.4) is 0 Å². The van der Waals surface area contributed by atoms with Gasteiger partial charge in [0.2, 0.25) is 0 Å². The van der Waals surface area contributed by atoms with Gasteiger partial charge in [-0.2, -0.15) is 0 Å². The fourth-order valence-corrected chi connectivity index (χ4v) is 2.15. The van der Waals surface area contributed by atoms with Crippen molar-refractivity contribution in [1.82, 2.24) is 10.2 Å². The zero-order valence-electron chi connectivity index (χ0n) is 10.4. The highest BCUT2D eigenvalue weighted by atomic mass is 19.1. The first kappa shape index (κ1) is 12.3. The summed E-state index contributed by atoms with van der Waals surface area (Å²) in [7, 11) is 1.61. The molecule has 0 bridgehead atoms. The van der Waals surface area contributed by atoms with Gasteiger partial charge in [-0.15, -0.1) is 0 Å². The van der Waals surface area contributed by atoms with Gasteiger partial charge in [-0.1, -0.05) is 0 Å². The highest BCUT2D eigenvalue weighted by Crippen LogP contribution is 2.22. The molecule has 2 rings (SSSR count). The zero-order valence-corrected chi connectivity index (χ0v) is 10.4. The van der Waals surface area contributed by atoms with Gasteiger partial charge in [0, 0.05) is 38.3 Å². The van der Waals surface area contributed by atoms with Crippen molar-refractivity contribution in [2.75, 3.05) is 33.3 Å². The summed E-state index contributed by atoms with van der Waals surface area (Å²) in [6.45, 7) is 6.32. The van der Waals surface area contributed by atoms with Gasteiger partial charge >= 0.3 is 0 Å². The van der Waals surface area contributed by atoms with Crippen LogP contribution in [0.1, 0.15) is 11.1 Å². The first-order valence-electron chi connectivity index (χ1n) is 5.97. The molecule has 1 heterocycles. The van der Waals surface area contributed by atoms with Crippen LogP contribution < -0.4 is 10.1 Å². The van der Waals surface area contributed by atoms with E-state index in [0.717, 1.165) is 37.5 Å². The summed E-state index contributed by atoms with van der Waals surface area (Å²) < 4.78 is 19.2. The molecular weight excluding hydrogens is 219 g/mol. The van der Waals surface area contributed by atoms with Crippen molar-refractivity contribution >= 4 is 0 Å². The van der Waals surface area contributed by atoms with Gasteiger partial charge in [0.25, 0.3) is 0 Å². The van der Waals surface area contributed by atoms with Crippen LogP contribution >= 0.6 is 0 Å². The number of benzene rings is 1. The number of rotatable bonds is 3. The van der Waals surface area contributed by atoms with Crippen molar-refractivity contribution in [1.29, 1.82) is 0 Å². The molecule has 1 N–H and O–H groups in total. The molecule has 1 fully saturated rings. The third kappa shape index (κ3) is 2.96. The number of hydrogen-bond acceptors (Lipinski definition) is 3. The molecule has 0 amide bonds. The van der Waals surface area contributed by atoms with Gasteiger partial charge in [0.1, 0.15) is 11.6 Å². The maximum Gasteiger partial charge on any atom is 0.130 e. The SMILES string of the molecule is COc1cc(C)c(F)c(CN2CCNCC2)c1. The minimum absolute atomic E-state index is 0.107. The van der Waals surface area contributed by atoms with Crippen molar-refractivity contribution in [2.45, 2.75) is 13.5 Å². The molecule has 1 aromatic rings. The molecule has 17 heavy (non-hydrogen) atoms.